The van der Waals surface area contributed by atoms with E-state index in [9.17, 15) is 14.4 Å². The van der Waals surface area contributed by atoms with Gasteiger partial charge in [-0.05, 0) is 6.92 Å². The van der Waals surface area contributed by atoms with Crippen molar-refractivity contribution in [3.63, 3.8) is 0 Å². The maximum atomic E-state index is 12.3. The minimum Gasteiger partial charge on any atom is -0.495 e. The minimum atomic E-state index is -0.865. The van der Waals surface area contributed by atoms with Gasteiger partial charge in [0.25, 0.3) is 0 Å². The van der Waals surface area contributed by atoms with Crippen LogP contribution in [0.25, 0.3) is 0 Å². The van der Waals surface area contributed by atoms with Crippen molar-refractivity contribution in [2.45, 2.75) is 13.3 Å². The third-order valence-corrected chi connectivity index (χ3v) is 4.30. The highest BCUT2D eigenvalue weighted by molar-refractivity contribution is 6.35. The summed E-state index contributed by atoms with van der Waals surface area (Å²) in [5.74, 6) is -1.21. The summed E-state index contributed by atoms with van der Waals surface area (Å²) in [6.45, 7) is 3.03. The number of amides is 3. The maximum absolute atomic E-state index is 12.3. The van der Waals surface area contributed by atoms with Gasteiger partial charge in [-0.15, -0.1) is 0 Å². The molecule has 158 valence electrons. The summed E-state index contributed by atoms with van der Waals surface area (Å²) in [5.41, 5.74) is 2.86. The third kappa shape index (κ3) is 6.33. The molecule has 0 bridgehead atoms. The molecule has 2 N–H and O–H groups in total. The normalized spacial score (nSPS) is 14.2. The first-order valence-electron chi connectivity index (χ1n) is 8.77. The van der Waals surface area contributed by atoms with Crippen LogP contribution in [-0.2, 0) is 19.1 Å². The summed E-state index contributed by atoms with van der Waals surface area (Å²) in [4.78, 5) is 37.6. The number of methoxy groups -OCH3 is 2. The number of carbonyl (C=O) groups excluding carboxylic acids is 3. The summed E-state index contributed by atoms with van der Waals surface area (Å²) in [7, 11) is 2.90. The first kappa shape index (κ1) is 22.4. The van der Waals surface area contributed by atoms with Crippen molar-refractivity contribution in [2.24, 2.45) is 5.10 Å². The van der Waals surface area contributed by atoms with Crippen molar-refractivity contribution >= 4 is 40.7 Å². The van der Waals surface area contributed by atoms with Crippen LogP contribution in [0, 0.1) is 0 Å². The summed E-state index contributed by atoms with van der Waals surface area (Å²) in [6, 6.07) is 3.06. The molecule has 0 atom stereocenters. The van der Waals surface area contributed by atoms with E-state index in [0.717, 1.165) is 0 Å². The third-order valence-electron chi connectivity index (χ3n) is 4.01. The molecule has 0 aromatic heterocycles. The smallest absolute Gasteiger partial charge is 0.329 e. The lowest BCUT2D eigenvalue weighted by atomic mass is 10.2. The minimum absolute atomic E-state index is 0.111. The van der Waals surface area contributed by atoms with Gasteiger partial charge in [-0.25, -0.2) is 5.43 Å². The number of carbonyl (C=O) groups is 3. The Labute approximate surface area is 173 Å². The second-order valence-corrected chi connectivity index (χ2v) is 6.51. The molecule has 1 aromatic carbocycles. The molecule has 0 unspecified atom stereocenters. The Bertz CT molecular complexity index is 808. The van der Waals surface area contributed by atoms with Gasteiger partial charge in [-0.2, -0.15) is 5.10 Å². The van der Waals surface area contributed by atoms with Crippen molar-refractivity contribution in [1.29, 1.82) is 0 Å². The van der Waals surface area contributed by atoms with Crippen LogP contribution in [0.3, 0.4) is 0 Å². The van der Waals surface area contributed by atoms with Gasteiger partial charge in [0, 0.05) is 30.9 Å². The molecular formula is C18H23ClN4O6. The molecule has 1 aliphatic heterocycles. The van der Waals surface area contributed by atoms with Crippen LogP contribution in [0.5, 0.6) is 11.5 Å². The monoisotopic (exact) mass is 426 g/mol. The van der Waals surface area contributed by atoms with Gasteiger partial charge in [0.2, 0.25) is 5.91 Å². The number of hydrogen-bond acceptors (Lipinski definition) is 7. The predicted octanol–water partition coefficient (Wildman–Crippen LogP) is 1.04. The van der Waals surface area contributed by atoms with E-state index in [1.807, 2.05) is 0 Å². The largest absolute Gasteiger partial charge is 0.495 e. The lowest BCUT2D eigenvalue weighted by Crippen LogP contribution is -2.47. The number of hydrazone groups is 1. The Morgan fingerprint density at radius 1 is 1.17 bits per heavy atom. The van der Waals surface area contributed by atoms with Crippen LogP contribution < -0.4 is 20.2 Å². The zero-order valence-electron chi connectivity index (χ0n) is 16.4. The summed E-state index contributed by atoms with van der Waals surface area (Å²) in [5, 5.41) is 6.82. The van der Waals surface area contributed by atoms with Crippen molar-refractivity contribution in [3.05, 3.63) is 17.2 Å². The van der Waals surface area contributed by atoms with Gasteiger partial charge in [0.1, 0.15) is 11.5 Å². The highest BCUT2D eigenvalue weighted by Gasteiger charge is 2.23. The Balaban J connectivity index is 1.93. The number of benzene rings is 1. The predicted molar refractivity (Wildman–Crippen MR) is 106 cm³/mol. The van der Waals surface area contributed by atoms with Crippen molar-refractivity contribution in [3.8, 4) is 11.5 Å². The number of anilines is 1. The lowest BCUT2D eigenvalue weighted by molar-refractivity contribution is -0.148. The second-order valence-electron chi connectivity index (χ2n) is 6.10. The van der Waals surface area contributed by atoms with E-state index in [0.29, 0.717) is 54.2 Å². The lowest BCUT2D eigenvalue weighted by Gasteiger charge is -2.25. The number of nitrogens with zero attached hydrogens (tertiary/aromatic N) is 2. The molecule has 29 heavy (non-hydrogen) atoms. The fraction of sp³-hybridized carbons (Fsp3) is 0.444. The first-order chi connectivity index (χ1) is 13.8. The molecule has 1 heterocycles. The van der Waals surface area contributed by atoms with Crippen molar-refractivity contribution < 1.29 is 28.6 Å². The van der Waals surface area contributed by atoms with E-state index in [-0.39, 0.29) is 6.42 Å². The number of hydrogen-bond donors (Lipinski definition) is 2. The number of nitrogens with one attached hydrogen (secondary N) is 2. The SMILES string of the molecule is COc1cc(NC(=O)C/C(C)=N/NC(=O)C(=O)N2CCOCC2)c(OC)cc1Cl. The summed E-state index contributed by atoms with van der Waals surface area (Å²) >= 11 is 6.04. The average molecular weight is 427 g/mol. The van der Waals surface area contributed by atoms with Gasteiger partial charge in [-0.3, -0.25) is 14.4 Å². The summed E-state index contributed by atoms with van der Waals surface area (Å²) < 4.78 is 15.5. The van der Waals surface area contributed by atoms with E-state index in [2.05, 4.69) is 15.8 Å². The van der Waals surface area contributed by atoms with Crippen LogP contribution in [-0.4, -0.2) is 68.9 Å². The average Bonchev–Trinajstić information content (AvgIpc) is 2.72. The molecule has 1 aliphatic rings. The molecule has 1 saturated heterocycles. The quantitative estimate of drug-likeness (QED) is 0.398. The molecule has 0 radical (unpaired) electrons. The van der Waals surface area contributed by atoms with Crippen LogP contribution in [0.1, 0.15) is 13.3 Å². The van der Waals surface area contributed by atoms with Gasteiger partial charge < -0.3 is 24.4 Å². The number of halogens is 1. The molecule has 1 fully saturated rings. The first-order valence-corrected chi connectivity index (χ1v) is 9.15. The van der Waals surface area contributed by atoms with Crippen LogP contribution in [0.15, 0.2) is 17.2 Å². The zero-order valence-corrected chi connectivity index (χ0v) is 17.2. The Morgan fingerprint density at radius 3 is 2.45 bits per heavy atom. The molecule has 2 rings (SSSR count). The Kier molecular flexibility index (Phi) is 8.22. The summed E-state index contributed by atoms with van der Waals surface area (Å²) in [6.07, 6.45) is -0.111. The topological polar surface area (TPSA) is 119 Å². The van der Waals surface area contributed by atoms with Crippen molar-refractivity contribution in [1.82, 2.24) is 10.3 Å². The van der Waals surface area contributed by atoms with Gasteiger partial charge >= 0.3 is 11.8 Å². The Hall–Kier alpha value is -2.85. The zero-order chi connectivity index (χ0) is 21.4. The Morgan fingerprint density at radius 2 is 1.83 bits per heavy atom. The van der Waals surface area contributed by atoms with E-state index in [1.165, 1.54) is 31.3 Å². The fourth-order valence-corrected chi connectivity index (χ4v) is 2.76. The van der Waals surface area contributed by atoms with Crippen LogP contribution in [0.4, 0.5) is 5.69 Å². The van der Waals surface area contributed by atoms with E-state index < -0.39 is 17.7 Å². The molecular weight excluding hydrogens is 404 g/mol. The second kappa shape index (κ2) is 10.6. The van der Waals surface area contributed by atoms with E-state index >= 15 is 0 Å². The van der Waals surface area contributed by atoms with Crippen LogP contribution in [0.2, 0.25) is 5.02 Å². The van der Waals surface area contributed by atoms with E-state index in [4.69, 9.17) is 25.8 Å². The molecule has 1 aromatic rings. The molecule has 0 saturated carbocycles. The van der Waals surface area contributed by atoms with Crippen LogP contribution >= 0.6 is 11.6 Å². The number of rotatable bonds is 6. The number of ether oxygens (including phenoxy) is 3. The molecule has 11 heteroatoms. The standard InChI is InChI=1S/C18H23ClN4O6/c1-11(21-22-17(25)18(26)23-4-6-29-7-5-23)8-16(24)20-13-10-14(27-2)12(19)9-15(13)28-3/h9-10H,4-8H2,1-3H3,(H,20,24)(H,22,25)/b21-11+. The molecule has 10 nitrogen and oxygen atoms in total. The highest BCUT2D eigenvalue weighted by Crippen LogP contribution is 2.35. The number of morpholine rings is 1. The van der Waals surface area contributed by atoms with Gasteiger partial charge in [-0.1, -0.05) is 11.6 Å². The maximum Gasteiger partial charge on any atom is 0.329 e. The fourth-order valence-electron chi connectivity index (χ4n) is 2.53. The van der Waals surface area contributed by atoms with Gasteiger partial charge in [0.05, 0.1) is 44.6 Å². The molecule has 0 spiro atoms. The van der Waals surface area contributed by atoms with Gasteiger partial charge in [0.15, 0.2) is 0 Å². The highest BCUT2D eigenvalue weighted by atomic mass is 35.5. The van der Waals surface area contributed by atoms with Crippen molar-refractivity contribution in [2.75, 3.05) is 45.8 Å². The van der Waals surface area contributed by atoms with E-state index in [1.54, 1.807) is 6.92 Å². The molecule has 3 amide bonds. The molecule has 0 aliphatic carbocycles.